The van der Waals surface area contributed by atoms with Gasteiger partial charge in [0, 0.05) is 6.61 Å². The summed E-state index contributed by atoms with van der Waals surface area (Å²) in [5.41, 5.74) is 0.207. The van der Waals surface area contributed by atoms with E-state index in [0.717, 1.165) is 17.5 Å². The van der Waals surface area contributed by atoms with Gasteiger partial charge in [-0.3, -0.25) is 0 Å². The lowest BCUT2D eigenvalue weighted by atomic mass is 10.1. The first-order valence-corrected chi connectivity index (χ1v) is 7.03. The van der Waals surface area contributed by atoms with Gasteiger partial charge in [-0.05, 0) is 46.5 Å². The minimum absolute atomic E-state index is 0.207. The van der Waals surface area contributed by atoms with Crippen LogP contribution in [0.15, 0.2) is 22.7 Å². The van der Waals surface area contributed by atoms with Crippen LogP contribution in [0, 0.1) is 5.92 Å². The van der Waals surface area contributed by atoms with Crippen molar-refractivity contribution in [1.82, 2.24) is 0 Å². The lowest BCUT2D eigenvalue weighted by molar-refractivity contribution is 0.0696. The van der Waals surface area contributed by atoms with E-state index in [-0.39, 0.29) is 5.56 Å². The Morgan fingerprint density at radius 2 is 2.05 bits per heavy atom. The van der Waals surface area contributed by atoms with Crippen LogP contribution in [0.1, 0.15) is 30.6 Å². The maximum Gasteiger partial charge on any atom is 0.335 e. The Morgan fingerprint density at radius 3 is 2.68 bits per heavy atom. The van der Waals surface area contributed by atoms with Crippen LogP contribution in [-0.2, 0) is 4.74 Å². The zero-order valence-corrected chi connectivity index (χ0v) is 12.8. The fraction of sp³-hybridized carbons (Fsp3) is 0.500. The highest BCUT2D eigenvalue weighted by molar-refractivity contribution is 9.10. The molecule has 19 heavy (non-hydrogen) atoms. The third-order valence-electron chi connectivity index (χ3n) is 2.50. The van der Waals surface area contributed by atoms with Crippen molar-refractivity contribution in [3.63, 3.8) is 0 Å². The molecule has 106 valence electrons. The summed E-state index contributed by atoms with van der Waals surface area (Å²) in [4.78, 5) is 10.8. The predicted molar refractivity (Wildman–Crippen MR) is 76.9 cm³/mol. The van der Waals surface area contributed by atoms with Crippen molar-refractivity contribution in [3.8, 4) is 5.75 Å². The molecular formula is C14H19BrO4. The number of hydrogen-bond acceptors (Lipinski definition) is 3. The Morgan fingerprint density at radius 1 is 1.32 bits per heavy atom. The second kappa shape index (κ2) is 8.17. The van der Waals surface area contributed by atoms with Crippen LogP contribution in [0.2, 0.25) is 0 Å². The molecule has 0 aromatic heterocycles. The summed E-state index contributed by atoms with van der Waals surface area (Å²) in [6.07, 6.45) is 1.03. The van der Waals surface area contributed by atoms with Gasteiger partial charge in [-0.1, -0.05) is 13.8 Å². The normalized spacial score (nSPS) is 10.7. The molecule has 0 heterocycles. The van der Waals surface area contributed by atoms with Gasteiger partial charge in [0.15, 0.2) is 0 Å². The molecule has 1 N–H and O–H groups in total. The smallest absolute Gasteiger partial charge is 0.335 e. The molecule has 4 nitrogen and oxygen atoms in total. The predicted octanol–water partition coefficient (Wildman–Crippen LogP) is 3.59. The van der Waals surface area contributed by atoms with E-state index in [0.29, 0.717) is 24.9 Å². The Hall–Kier alpha value is -1.07. The van der Waals surface area contributed by atoms with E-state index in [1.807, 2.05) is 0 Å². The van der Waals surface area contributed by atoms with E-state index in [9.17, 15) is 4.79 Å². The first-order chi connectivity index (χ1) is 9.00. The highest BCUT2D eigenvalue weighted by Crippen LogP contribution is 2.26. The summed E-state index contributed by atoms with van der Waals surface area (Å²) in [5, 5.41) is 8.90. The number of halogens is 1. The SMILES string of the molecule is CC(C)CCOCCOc1cc(C(=O)O)ccc1Br. The van der Waals surface area contributed by atoms with Gasteiger partial charge in [-0.2, -0.15) is 0 Å². The number of aromatic carboxylic acids is 1. The molecule has 1 aromatic rings. The van der Waals surface area contributed by atoms with Crippen molar-refractivity contribution < 1.29 is 19.4 Å². The monoisotopic (exact) mass is 330 g/mol. The van der Waals surface area contributed by atoms with Gasteiger partial charge in [0.25, 0.3) is 0 Å². The number of carboxylic acid groups (broad SMARTS) is 1. The Balaban J connectivity index is 2.36. The average molecular weight is 331 g/mol. The number of ether oxygens (including phenoxy) is 2. The van der Waals surface area contributed by atoms with Crippen LogP contribution < -0.4 is 4.74 Å². The molecule has 0 saturated heterocycles. The van der Waals surface area contributed by atoms with Gasteiger partial charge < -0.3 is 14.6 Å². The van der Waals surface area contributed by atoms with Crippen molar-refractivity contribution in [2.75, 3.05) is 19.8 Å². The van der Waals surface area contributed by atoms with Crippen molar-refractivity contribution in [2.24, 2.45) is 5.92 Å². The maximum atomic E-state index is 10.8. The number of rotatable bonds is 8. The fourth-order valence-electron chi connectivity index (χ4n) is 1.38. The van der Waals surface area contributed by atoms with Crippen molar-refractivity contribution in [2.45, 2.75) is 20.3 Å². The van der Waals surface area contributed by atoms with Crippen LogP contribution >= 0.6 is 15.9 Å². The third-order valence-corrected chi connectivity index (χ3v) is 3.16. The molecular weight excluding hydrogens is 312 g/mol. The zero-order valence-electron chi connectivity index (χ0n) is 11.2. The standard InChI is InChI=1S/C14H19BrO4/c1-10(2)5-6-18-7-8-19-13-9-11(14(16)17)3-4-12(13)15/h3-4,9-10H,5-8H2,1-2H3,(H,16,17). The topological polar surface area (TPSA) is 55.8 Å². The molecule has 0 atom stereocenters. The Bertz CT molecular complexity index is 418. The Labute approximate surface area is 121 Å². The van der Waals surface area contributed by atoms with E-state index in [2.05, 4.69) is 29.8 Å². The average Bonchev–Trinajstić information content (AvgIpc) is 2.34. The molecule has 0 aliphatic carbocycles. The summed E-state index contributed by atoms with van der Waals surface area (Å²) >= 11 is 3.32. The van der Waals surface area contributed by atoms with Gasteiger partial charge in [0.05, 0.1) is 16.6 Å². The van der Waals surface area contributed by atoms with Gasteiger partial charge >= 0.3 is 5.97 Å². The van der Waals surface area contributed by atoms with E-state index >= 15 is 0 Å². The second-order valence-corrected chi connectivity index (χ2v) is 5.45. The molecule has 5 heteroatoms. The quantitative estimate of drug-likeness (QED) is 0.740. The first-order valence-electron chi connectivity index (χ1n) is 6.24. The largest absolute Gasteiger partial charge is 0.490 e. The molecule has 0 amide bonds. The summed E-state index contributed by atoms with van der Waals surface area (Å²) in [6.45, 7) is 5.91. The number of carbonyl (C=O) groups is 1. The van der Waals surface area contributed by atoms with Gasteiger partial charge in [0.1, 0.15) is 12.4 Å². The molecule has 0 fully saturated rings. The summed E-state index contributed by atoms with van der Waals surface area (Å²) in [7, 11) is 0. The fourth-order valence-corrected chi connectivity index (χ4v) is 1.74. The van der Waals surface area contributed by atoms with Gasteiger partial charge in [-0.15, -0.1) is 0 Å². The first kappa shape index (κ1) is 16.0. The molecule has 0 unspecified atom stereocenters. The molecule has 0 aliphatic rings. The van der Waals surface area contributed by atoms with E-state index in [4.69, 9.17) is 14.6 Å². The number of benzene rings is 1. The van der Waals surface area contributed by atoms with Crippen LogP contribution in [0.5, 0.6) is 5.75 Å². The lowest BCUT2D eigenvalue weighted by Gasteiger charge is -2.10. The second-order valence-electron chi connectivity index (χ2n) is 4.59. The summed E-state index contributed by atoms with van der Waals surface area (Å²) < 4.78 is 11.7. The van der Waals surface area contributed by atoms with Crippen LogP contribution in [0.4, 0.5) is 0 Å². The zero-order chi connectivity index (χ0) is 14.3. The van der Waals surface area contributed by atoms with E-state index < -0.39 is 5.97 Å². The van der Waals surface area contributed by atoms with Crippen molar-refractivity contribution >= 4 is 21.9 Å². The van der Waals surface area contributed by atoms with Gasteiger partial charge in [0.2, 0.25) is 0 Å². The van der Waals surface area contributed by atoms with Gasteiger partial charge in [-0.25, -0.2) is 4.79 Å². The minimum Gasteiger partial charge on any atom is -0.490 e. The maximum absolute atomic E-state index is 10.8. The Kier molecular flexibility index (Phi) is 6.87. The van der Waals surface area contributed by atoms with Crippen LogP contribution in [0.25, 0.3) is 0 Å². The number of hydrogen-bond donors (Lipinski definition) is 1. The highest BCUT2D eigenvalue weighted by atomic mass is 79.9. The summed E-state index contributed by atoms with van der Waals surface area (Å²) in [6, 6.07) is 4.69. The molecule has 0 saturated carbocycles. The molecule has 0 spiro atoms. The number of carboxylic acids is 1. The van der Waals surface area contributed by atoms with Crippen LogP contribution in [0.3, 0.4) is 0 Å². The molecule has 0 bridgehead atoms. The molecule has 1 rings (SSSR count). The molecule has 1 aromatic carbocycles. The highest BCUT2D eigenvalue weighted by Gasteiger charge is 2.07. The molecule has 0 aliphatic heterocycles. The summed E-state index contributed by atoms with van der Waals surface area (Å²) in [5.74, 6) is 0.181. The van der Waals surface area contributed by atoms with E-state index in [1.165, 1.54) is 12.1 Å². The van der Waals surface area contributed by atoms with Crippen molar-refractivity contribution in [1.29, 1.82) is 0 Å². The lowest BCUT2D eigenvalue weighted by Crippen LogP contribution is -2.09. The minimum atomic E-state index is -0.967. The van der Waals surface area contributed by atoms with Crippen LogP contribution in [-0.4, -0.2) is 30.9 Å². The molecule has 0 radical (unpaired) electrons. The third kappa shape index (κ3) is 6.07. The van der Waals surface area contributed by atoms with E-state index in [1.54, 1.807) is 6.07 Å². The van der Waals surface area contributed by atoms with Crippen molar-refractivity contribution in [3.05, 3.63) is 28.2 Å².